The molecule has 160 valence electrons. The number of carbonyl (C=O) groups is 2. The molecule has 0 unspecified atom stereocenters. The summed E-state index contributed by atoms with van der Waals surface area (Å²) in [5.41, 5.74) is 3.16. The second-order valence-electron chi connectivity index (χ2n) is 8.74. The lowest BCUT2D eigenvalue weighted by molar-refractivity contribution is -0.114. The molecule has 3 aromatic rings. The number of carbonyl (C=O) groups excluding carboxylic acids is 2. The second-order valence-corrected chi connectivity index (χ2v) is 8.74. The smallest absolute Gasteiger partial charge is 0.253 e. The Morgan fingerprint density at radius 3 is 2.65 bits per heavy atom. The van der Waals surface area contributed by atoms with E-state index in [1.54, 1.807) is 24.3 Å². The van der Waals surface area contributed by atoms with Crippen molar-refractivity contribution >= 4 is 28.5 Å². The number of nitrogens with zero attached hydrogens (tertiary/aromatic N) is 3. The summed E-state index contributed by atoms with van der Waals surface area (Å²) in [6.07, 6.45) is 2.86. The van der Waals surface area contributed by atoms with Crippen LogP contribution < -0.4 is 5.32 Å². The number of likely N-dealkylation sites (tertiary alicyclic amines) is 1. The molecular formula is C24H26N4O3. The minimum absolute atomic E-state index is 0.0271. The first-order valence-corrected chi connectivity index (χ1v) is 10.8. The monoisotopic (exact) mass is 418 g/mol. The van der Waals surface area contributed by atoms with Crippen LogP contribution in [0.1, 0.15) is 36.2 Å². The molecule has 4 atom stereocenters. The SMILES string of the molecule is CC(=O)Nc1cccc(C(=O)N2C[C@H]3C[C@@H](n4cnc5ccccc54)[C@H](O)C[C@H]3C2)c1. The molecule has 5 rings (SSSR count). The molecule has 7 nitrogen and oxygen atoms in total. The number of anilines is 1. The molecule has 31 heavy (non-hydrogen) atoms. The van der Waals surface area contributed by atoms with Gasteiger partial charge in [-0.3, -0.25) is 9.59 Å². The van der Waals surface area contributed by atoms with E-state index in [1.807, 2.05) is 35.5 Å². The third-order valence-electron chi connectivity index (χ3n) is 6.66. The highest BCUT2D eigenvalue weighted by atomic mass is 16.3. The van der Waals surface area contributed by atoms with Gasteiger partial charge in [0.2, 0.25) is 5.91 Å². The Labute approximate surface area is 180 Å². The fourth-order valence-electron chi connectivity index (χ4n) is 5.23. The van der Waals surface area contributed by atoms with Crippen LogP contribution in [-0.4, -0.2) is 50.6 Å². The van der Waals surface area contributed by atoms with E-state index in [9.17, 15) is 14.7 Å². The zero-order chi connectivity index (χ0) is 21.5. The summed E-state index contributed by atoms with van der Waals surface area (Å²) in [5, 5.41) is 13.6. The third kappa shape index (κ3) is 3.70. The molecule has 2 aliphatic rings. The maximum absolute atomic E-state index is 13.1. The molecule has 7 heteroatoms. The summed E-state index contributed by atoms with van der Waals surface area (Å²) in [5.74, 6) is 0.449. The van der Waals surface area contributed by atoms with Gasteiger partial charge in [0.15, 0.2) is 0 Å². The van der Waals surface area contributed by atoms with Gasteiger partial charge < -0.3 is 19.9 Å². The van der Waals surface area contributed by atoms with Crippen molar-refractivity contribution in [3.05, 3.63) is 60.4 Å². The summed E-state index contributed by atoms with van der Waals surface area (Å²) in [6, 6.07) is 15.0. The first-order chi connectivity index (χ1) is 15.0. The highest BCUT2D eigenvalue weighted by Gasteiger charge is 2.43. The van der Waals surface area contributed by atoms with Gasteiger partial charge in [0.25, 0.3) is 5.91 Å². The maximum atomic E-state index is 13.1. The van der Waals surface area contributed by atoms with Crippen LogP contribution >= 0.6 is 0 Å². The fraction of sp³-hybridized carbons (Fsp3) is 0.375. The number of para-hydroxylation sites is 2. The summed E-state index contributed by atoms with van der Waals surface area (Å²) in [6.45, 7) is 2.79. The van der Waals surface area contributed by atoms with Crippen LogP contribution in [-0.2, 0) is 4.79 Å². The number of benzene rings is 2. The third-order valence-corrected chi connectivity index (χ3v) is 6.66. The number of hydrogen-bond acceptors (Lipinski definition) is 4. The molecule has 0 bridgehead atoms. The van der Waals surface area contributed by atoms with Gasteiger partial charge in [-0.25, -0.2) is 4.98 Å². The Kier molecular flexibility index (Phi) is 4.98. The number of hydrogen-bond donors (Lipinski definition) is 2. The highest BCUT2D eigenvalue weighted by Crippen LogP contribution is 2.42. The number of rotatable bonds is 3. The minimum Gasteiger partial charge on any atom is -0.391 e. The first kappa shape index (κ1) is 19.8. The predicted octanol–water partition coefficient (Wildman–Crippen LogP) is 3.08. The second kappa shape index (κ2) is 7.81. The van der Waals surface area contributed by atoms with Crippen molar-refractivity contribution < 1.29 is 14.7 Å². The average Bonchev–Trinajstić information content (AvgIpc) is 3.36. The molecule has 2 N–H and O–H groups in total. The molecule has 2 amide bonds. The summed E-state index contributed by atoms with van der Waals surface area (Å²) >= 11 is 0. The molecule has 1 aromatic heterocycles. The summed E-state index contributed by atoms with van der Waals surface area (Å²) in [4.78, 5) is 30.8. The summed E-state index contributed by atoms with van der Waals surface area (Å²) in [7, 11) is 0. The number of aliphatic hydroxyl groups is 1. The molecule has 0 radical (unpaired) electrons. The predicted molar refractivity (Wildman–Crippen MR) is 118 cm³/mol. The molecule has 1 saturated carbocycles. The van der Waals surface area contributed by atoms with Gasteiger partial charge >= 0.3 is 0 Å². The van der Waals surface area contributed by atoms with Crippen LogP contribution in [0.2, 0.25) is 0 Å². The molecule has 2 fully saturated rings. The van der Waals surface area contributed by atoms with Crippen molar-refractivity contribution in [3.8, 4) is 0 Å². The topological polar surface area (TPSA) is 87.5 Å². The lowest BCUT2D eigenvalue weighted by Crippen LogP contribution is -2.36. The number of aromatic nitrogens is 2. The van der Waals surface area contributed by atoms with E-state index < -0.39 is 6.10 Å². The first-order valence-electron chi connectivity index (χ1n) is 10.8. The van der Waals surface area contributed by atoms with Crippen LogP contribution in [0.4, 0.5) is 5.69 Å². The van der Waals surface area contributed by atoms with Crippen LogP contribution in [0, 0.1) is 11.8 Å². The van der Waals surface area contributed by atoms with Crippen molar-refractivity contribution in [1.82, 2.24) is 14.5 Å². The number of aliphatic hydroxyl groups excluding tert-OH is 1. The molecule has 1 saturated heterocycles. The van der Waals surface area contributed by atoms with Crippen molar-refractivity contribution in [1.29, 1.82) is 0 Å². The van der Waals surface area contributed by atoms with Gasteiger partial charge in [0.05, 0.1) is 29.5 Å². The van der Waals surface area contributed by atoms with E-state index in [0.29, 0.717) is 42.6 Å². The Balaban J connectivity index is 1.33. The molecule has 1 aliphatic carbocycles. The number of nitrogens with one attached hydrogen (secondary N) is 1. The van der Waals surface area contributed by atoms with E-state index >= 15 is 0 Å². The van der Waals surface area contributed by atoms with E-state index in [1.165, 1.54) is 6.92 Å². The van der Waals surface area contributed by atoms with E-state index in [4.69, 9.17) is 0 Å². The number of fused-ring (bicyclic) bond motifs is 2. The molecule has 0 spiro atoms. The van der Waals surface area contributed by atoms with Crippen LogP contribution in [0.5, 0.6) is 0 Å². The lowest BCUT2D eigenvalue weighted by Gasteiger charge is -2.36. The van der Waals surface area contributed by atoms with E-state index in [0.717, 1.165) is 17.5 Å². The minimum atomic E-state index is -0.461. The van der Waals surface area contributed by atoms with Crippen molar-refractivity contribution in [2.24, 2.45) is 11.8 Å². The van der Waals surface area contributed by atoms with Gasteiger partial charge in [0.1, 0.15) is 0 Å². The largest absolute Gasteiger partial charge is 0.391 e. The zero-order valence-corrected chi connectivity index (χ0v) is 17.4. The molecular weight excluding hydrogens is 392 g/mol. The molecule has 1 aliphatic heterocycles. The average molecular weight is 418 g/mol. The zero-order valence-electron chi connectivity index (χ0n) is 17.4. The number of imidazole rings is 1. The standard InChI is InChI=1S/C24H26N4O3/c1-15(29)26-19-6-4-5-16(9-19)24(31)27-12-17-10-22(23(30)11-18(17)13-27)28-14-25-20-7-2-3-8-21(20)28/h2-9,14,17-18,22-23,30H,10-13H2,1H3,(H,26,29)/t17-,18+,22-,23-/m1/s1. The van der Waals surface area contributed by atoms with Crippen LogP contribution in [0.15, 0.2) is 54.9 Å². The van der Waals surface area contributed by atoms with Gasteiger partial charge in [0, 0.05) is 31.3 Å². The van der Waals surface area contributed by atoms with Gasteiger partial charge in [-0.1, -0.05) is 18.2 Å². The normalized spacial score (nSPS) is 25.4. The van der Waals surface area contributed by atoms with Crippen LogP contribution in [0.3, 0.4) is 0 Å². The van der Waals surface area contributed by atoms with E-state index in [2.05, 4.69) is 14.9 Å². The highest BCUT2D eigenvalue weighted by molar-refractivity contribution is 5.97. The van der Waals surface area contributed by atoms with Crippen molar-refractivity contribution in [2.75, 3.05) is 18.4 Å². The Morgan fingerprint density at radius 1 is 1.06 bits per heavy atom. The Hall–Kier alpha value is -3.19. The fourth-order valence-corrected chi connectivity index (χ4v) is 5.23. The van der Waals surface area contributed by atoms with Crippen molar-refractivity contribution in [2.45, 2.75) is 31.9 Å². The quantitative estimate of drug-likeness (QED) is 0.684. The lowest BCUT2D eigenvalue weighted by atomic mass is 9.77. The van der Waals surface area contributed by atoms with Gasteiger partial charge in [-0.05, 0) is 55.0 Å². The van der Waals surface area contributed by atoms with Gasteiger partial charge in [-0.2, -0.15) is 0 Å². The Bertz CT molecular complexity index is 1140. The molecule has 2 heterocycles. The van der Waals surface area contributed by atoms with E-state index in [-0.39, 0.29) is 17.9 Å². The molecule has 2 aromatic carbocycles. The Morgan fingerprint density at radius 2 is 1.84 bits per heavy atom. The maximum Gasteiger partial charge on any atom is 0.253 e. The van der Waals surface area contributed by atoms with Gasteiger partial charge in [-0.15, -0.1) is 0 Å². The van der Waals surface area contributed by atoms with Crippen molar-refractivity contribution in [3.63, 3.8) is 0 Å². The van der Waals surface area contributed by atoms with Crippen LogP contribution in [0.25, 0.3) is 11.0 Å². The summed E-state index contributed by atoms with van der Waals surface area (Å²) < 4.78 is 2.09. The number of amides is 2.